The van der Waals surface area contributed by atoms with E-state index in [9.17, 15) is 13.2 Å². The minimum atomic E-state index is -3.68. The number of rotatable bonds is 6. The van der Waals surface area contributed by atoms with E-state index in [2.05, 4.69) is 4.74 Å². The Morgan fingerprint density at radius 2 is 2.00 bits per heavy atom. The summed E-state index contributed by atoms with van der Waals surface area (Å²) in [7, 11) is -0.930. The Balaban J connectivity index is 3.11. The molecule has 1 aromatic rings. The highest BCUT2D eigenvalue weighted by atomic mass is 32.2. The SMILES string of the molecule is COC(=O)c1cccc(S(=O)(=O)N(C)CC(C)(C)CN)c1. The molecule has 0 unspecified atom stereocenters. The molecule has 1 aromatic carbocycles. The predicted molar refractivity (Wildman–Crippen MR) is 80.4 cm³/mol. The average molecular weight is 314 g/mol. The van der Waals surface area contributed by atoms with Crippen molar-refractivity contribution in [3.05, 3.63) is 29.8 Å². The van der Waals surface area contributed by atoms with Gasteiger partial charge in [0.1, 0.15) is 0 Å². The van der Waals surface area contributed by atoms with E-state index < -0.39 is 16.0 Å². The van der Waals surface area contributed by atoms with Crippen molar-refractivity contribution in [1.82, 2.24) is 4.31 Å². The third kappa shape index (κ3) is 4.26. The molecule has 118 valence electrons. The van der Waals surface area contributed by atoms with Crippen molar-refractivity contribution in [2.75, 3.05) is 27.2 Å². The first-order chi connectivity index (χ1) is 9.64. The van der Waals surface area contributed by atoms with E-state index in [4.69, 9.17) is 5.73 Å². The van der Waals surface area contributed by atoms with Gasteiger partial charge >= 0.3 is 5.97 Å². The molecule has 0 aliphatic rings. The summed E-state index contributed by atoms with van der Waals surface area (Å²) in [6, 6.07) is 5.79. The first-order valence-electron chi connectivity index (χ1n) is 6.49. The summed E-state index contributed by atoms with van der Waals surface area (Å²) in [4.78, 5) is 11.5. The van der Waals surface area contributed by atoms with Gasteiger partial charge in [-0.2, -0.15) is 0 Å². The number of benzene rings is 1. The summed E-state index contributed by atoms with van der Waals surface area (Å²) >= 11 is 0. The molecule has 0 saturated heterocycles. The van der Waals surface area contributed by atoms with Crippen LogP contribution in [-0.4, -0.2) is 45.9 Å². The molecule has 0 bridgehead atoms. The van der Waals surface area contributed by atoms with Gasteiger partial charge in [0.15, 0.2) is 0 Å². The smallest absolute Gasteiger partial charge is 0.337 e. The minimum absolute atomic E-state index is 0.0562. The maximum absolute atomic E-state index is 12.5. The Morgan fingerprint density at radius 3 is 2.52 bits per heavy atom. The van der Waals surface area contributed by atoms with Crippen LogP contribution in [0.1, 0.15) is 24.2 Å². The van der Waals surface area contributed by atoms with Gasteiger partial charge in [-0.3, -0.25) is 0 Å². The topological polar surface area (TPSA) is 89.7 Å². The van der Waals surface area contributed by atoms with Crippen LogP contribution < -0.4 is 5.73 Å². The Hall–Kier alpha value is -1.44. The number of nitrogens with two attached hydrogens (primary N) is 1. The maximum Gasteiger partial charge on any atom is 0.337 e. The predicted octanol–water partition coefficient (Wildman–Crippen LogP) is 1.08. The highest BCUT2D eigenvalue weighted by molar-refractivity contribution is 7.89. The average Bonchev–Trinajstić information content (AvgIpc) is 2.46. The van der Waals surface area contributed by atoms with Crippen LogP contribution in [0.4, 0.5) is 0 Å². The van der Waals surface area contributed by atoms with Crippen molar-refractivity contribution >= 4 is 16.0 Å². The van der Waals surface area contributed by atoms with E-state index in [0.717, 1.165) is 0 Å². The van der Waals surface area contributed by atoms with E-state index in [1.165, 1.54) is 42.7 Å². The van der Waals surface area contributed by atoms with Gasteiger partial charge in [-0.15, -0.1) is 0 Å². The van der Waals surface area contributed by atoms with Crippen molar-refractivity contribution < 1.29 is 17.9 Å². The number of nitrogens with zero attached hydrogens (tertiary/aromatic N) is 1. The molecule has 0 heterocycles. The third-order valence-corrected chi connectivity index (χ3v) is 4.97. The van der Waals surface area contributed by atoms with Crippen molar-refractivity contribution in [2.24, 2.45) is 11.1 Å². The van der Waals surface area contributed by atoms with Crippen LogP contribution in [-0.2, 0) is 14.8 Å². The summed E-state index contributed by atoms with van der Waals surface area (Å²) < 4.78 is 30.9. The van der Waals surface area contributed by atoms with Gasteiger partial charge in [0.25, 0.3) is 0 Å². The Bertz CT molecular complexity index is 611. The van der Waals surface area contributed by atoms with Crippen LogP contribution in [0.15, 0.2) is 29.2 Å². The van der Waals surface area contributed by atoms with E-state index in [-0.39, 0.29) is 22.4 Å². The number of hydrogen-bond acceptors (Lipinski definition) is 5. The van der Waals surface area contributed by atoms with Crippen LogP contribution in [0.5, 0.6) is 0 Å². The van der Waals surface area contributed by atoms with Crippen LogP contribution in [0.2, 0.25) is 0 Å². The maximum atomic E-state index is 12.5. The number of carbonyl (C=O) groups excluding carboxylic acids is 1. The molecule has 0 aliphatic carbocycles. The lowest BCUT2D eigenvalue weighted by Gasteiger charge is -2.28. The summed E-state index contributed by atoms with van der Waals surface area (Å²) in [5, 5.41) is 0. The number of methoxy groups -OCH3 is 1. The fourth-order valence-corrected chi connectivity index (χ4v) is 3.24. The fourth-order valence-electron chi connectivity index (χ4n) is 1.83. The van der Waals surface area contributed by atoms with Crippen molar-refractivity contribution in [1.29, 1.82) is 0 Å². The van der Waals surface area contributed by atoms with E-state index in [1.54, 1.807) is 0 Å². The van der Waals surface area contributed by atoms with Crippen molar-refractivity contribution in [3.8, 4) is 0 Å². The number of carbonyl (C=O) groups is 1. The van der Waals surface area contributed by atoms with Gasteiger partial charge in [0.05, 0.1) is 17.6 Å². The Kier molecular flexibility index (Phi) is 5.49. The zero-order chi connectivity index (χ0) is 16.3. The lowest BCUT2D eigenvalue weighted by Crippen LogP contribution is -2.39. The zero-order valence-electron chi connectivity index (χ0n) is 12.8. The molecule has 0 atom stereocenters. The molecule has 2 N–H and O–H groups in total. The Labute approximate surface area is 125 Å². The summed E-state index contributed by atoms with van der Waals surface area (Å²) in [6.07, 6.45) is 0. The van der Waals surface area contributed by atoms with Gasteiger partial charge in [-0.25, -0.2) is 17.5 Å². The number of sulfonamides is 1. The second-order valence-corrected chi connectivity index (χ2v) is 7.69. The minimum Gasteiger partial charge on any atom is -0.465 e. The number of hydrogen-bond donors (Lipinski definition) is 1. The number of esters is 1. The lowest BCUT2D eigenvalue weighted by atomic mass is 9.94. The number of ether oxygens (including phenoxy) is 1. The standard InChI is InChI=1S/C14H22N2O4S/c1-14(2,9-15)10-16(3)21(18,19)12-7-5-6-11(8-12)13(17)20-4/h5-8H,9-10,15H2,1-4H3. The van der Waals surface area contributed by atoms with Gasteiger partial charge < -0.3 is 10.5 Å². The highest BCUT2D eigenvalue weighted by Gasteiger charge is 2.27. The van der Waals surface area contributed by atoms with Gasteiger partial charge in [-0.05, 0) is 30.2 Å². The van der Waals surface area contributed by atoms with Crippen LogP contribution in [0.3, 0.4) is 0 Å². The monoisotopic (exact) mass is 314 g/mol. The van der Waals surface area contributed by atoms with E-state index in [0.29, 0.717) is 6.54 Å². The van der Waals surface area contributed by atoms with Gasteiger partial charge in [-0.1, -0.05) is 19.9 Å². The molecule has 0 saturated carbocycles. The molecule has 0 amide bonds. The normalized spacial score (nSPS) is 12.5. The van der Waals surface area contributed by atoms with Crippen molar-refractivity contribution in [3.63, 3.8) is 0 Å². The Morgan fingerprint density at radius 1 is 1.38 bits per heavy atom. The van der Waals surface area contributed by atoms with E-state index in [1.807, 2.05) is 13.8 Å². The summed E-state index contributed by atoms with van der Waals surface area (Å²) in [6.45, 7) is 4.44. The zero-order valence-corrected chi connectivity index (χ0v) is 13.6. The molecular formula is C14H22N2O4S. The highest BCUT2D eigenvalue weighted by Crippen LogP contribution is 2.21. The lowest BCUT2D eigenvalue weighted by molar-refractivity contribution is 0.0600. The van der Waals surface area contributed by atoms with Crippen LogP contribution >= 0.6 is 0 Å². The summed E-state index contributed by atoms with van der Waals surface area (Å²) in [5.41, 5.74) is 5.50. The van der Waals surface area contributed by atoms with Gasteiger partial charge in [0.2, 0.25) is 10.0 Å². The molecule has 0 aromatic heterocycles. The molecule has 0 spiro atoms. The fraction of sp³-hybridized carbons (Fsp3) is 0.500. The van der Waals surface area contributed by atoms with Crippen molar-refractivity contribution in [2.45, 2.75) is 18.7 Å². The molecule has 1 rings (SSSR count). The molecular weight excluding hydrogens is 292 g/mol. The van der Waals surface area contributed by atoms with Crippen LogP contribution in [0.25, 0.3) is 0 Å². The van der Waals surface area contributed by atoms with Gasteiger partial charge in [0, 0.05) is 13.6 Å². The molecule has 0 radical (unpaired) electrons. The quantitative estimate of drug-likeness (QED) is 0.794. The van der Waals surface area contributed by atoms with E-state index >= 15 is 0 Å². The largest absolute Gasteiger partial charge is 0.465 e. The third-order valence-electron chi connectivity index (χ3n) is 3.17. The molecule has 0 aliphatic heterocycles. The second-order valence-electron chi connectivity index (χ2n) is 5.65. The molecule has 21 heavy (non-hydrogen) atoms. The first-order valence-corrected chi connectivity index (χ1v) is 7.93. The first kappa shape index (κ1) is 17.6. The molecule has 0 fully saturated rings. The summed E-state index contributed by atoms with van der Waals surface area (Å²) in [5.74, 6) is -0.572. The molecule has 7 heteroatoms. The second kappa shape index (κ2) is 6.55. The van der Waals surface area contributed by atoms with Crippen LogP contribution in [0, 0.1) is 5.41 Å². The molecule has 6 nitrogen and oxygen atoms in total.